The van der Waals surface area contributed by atoms with Crippen LogP contribution in [-0.4, -0.2) is 44.5 Å². The summed E-state index contributed by atoms with van der Waals surface area (Å²) < 4.78 is 0. The molecule has 4 rings (SSSR count). The van der Waals surface area contributed by atoms with Gasteiger partial charge in [-0.15, -0.1) is 0 Å². The quantitative estimate of drug-likeness (QED) is 0.652. The molecule has 1 aromatic carbocycles. The Morgan fingerprint density at radius 1 is 1.27 bits per heavy atom. The number of pyridine rings is 1. The molecule has 2 amide bonds. The van der Waals surface area contributed by atoms with Gasteiger partial charge in [-0.2, -0.15) is 10.1 Å². The molecule has 7 nitrogen and oxygen atoms in total. The molecule has 1 aliphatic heterocycles. The van der Waals surface area contributed by atoms with Gasteiger partial charge in [0.05, 0.1) is 18.0 Å². The molecule has 2 aromatic rings. The highest BCUT2D eigenvalue weighted by Gasteiger charge is 2.40. The van der Waals surface area contributed by atoms with Gasteiger partial charge in [0.1, 0.15) is 5.25 Å². The van der Waals surface area contributed by atoms with Crippen LogP contribution < -0.4 is 5.32 Å². The third kappa shape index (κ3) is 5.38. The molecular weight excluding hydrogens is 445 g/mol. The summed E-state index contributed by atoms with van der Waals surface area (Å²) in [6, 6.07) is 10.4. The number of aromatic nitrogens is 1. The number of nitrogens with zero attached hydrogens (tertiary/aromatic N) is 4. The summed E-state index contributed by atoms with van der Waals surface area (Å²) >= 11 is 13.2. The van der Waals surface area contributed by atoms with Crippen LogP contribution in [0.3, 0.4) is 0 Å². The smallest absolute Gasteiger partial charge is 0.263 e. The number of aliphatic imine (C=N–C) groups is 1. The van der Waals surface area contributed by atoms with Crippen molar-refractivity contribution in [3.63, 3.8) is 0 Å². The Morgan fingerprint density at radius 2 is 2.03 bits per heavy atom. The van der Waals surface area contributed by atoms with Crippen molar-refractivity contribution < 1.29 is 9.59 Å². The first-order valence-corrected chi connectivity index (χ1v) is 10.9. The molecule has 1 atom stereocenters. The van der Waals surface area contributed by atoms with E-state index in [2.05, 4.69) is 20.4 Å². The Bertz CT molecular complexity index is 1010. The van der Waals surface area contributed by atoms with Crippen LogP contribution in [0.2, 0.25) is 10.0 Å². The molecule has 154 valence electrons. The largest absolute Gasteiger partial charge is 0.326 e. The first-order valence-electron chi connectivity index (χ1n) is 9.27. The van der Waals surface area contributed by atoms with Crippen molar-refractivity contribution >= 4 is 63.8 Å². The van der Waals surface area contributed by atoms with E-state index in [0.717, 1.165) is 12.8 Å². The standard InChI is InChI=1S/C20H17Cl2N5O2S/c21-12-7-13(22)9-16(8-12)25-18(28)10-17-19(29)27(20(30-17)26-14-4-5-14)24-11-15-3-1-2-6-23-15/h1-3,6-9,11,14,17H,4-5,10H2,(H,25,28)/b24-11+,26-20?. The number of nitrogens with one attached hydrogen (secondary N) is 1. The van der Waals surface area contributed by atoms with Gasteiger partial charge in [-0.3, -0.25) is 19.6 Å². The molecule has 0 radical (unpaired) electrons. The zero-order valence-corrected chi connectivity index (χ0v) is 18.0. The zero-order chi connectivity index (χ0) is 21.1. The third-order valence-corrected chi connectivity index (χ3v) is 5.84. The lowest BCUT2D eigenvalue weighted by Crippen LogP contribution is -2.30. The van der Waals surface area contributed by atoms with Crippen molar-refractivity contribution in [2.75, 3.05) is 5.32 Å². The molecule has 10 heteroatoms. The fourth-order valence-corrected chi connectivity index (χ4v) is 4.38. The highest BCUT2D eigenvalue weighted by atomic mass is 35.5. The fourth-order valence-electron chi connectivity index (χ4n) is 2.71. The average Bonchev–Trinajstić information content (AvgIpc) is 3.46. The topological polar surface area (TPSA) is 87.0 Å². The predicted octanol–water partition coefficient (Wildman–Crippen LogP) is 4.21. The number of hydrogen-bond donors (Lipinski definition) is 1. The molecule has 1 aliphatic carbocycles. The maximum absolute atomic E-state index is 12.9. The molecule has 1 aromatic heterocycles. The summed E-state index contributed by atoms with van der Waals surface area (Å²) in [5.41, 5.74) is 1.10. The van der Waals surface area contributed by atoms with Crippen molar-refractivity contribution in [1.29, 1.82) is 0 Å². The van der Waals surface area contributed by atoms with Crippen molar-refractivity contribution in [3.8, 4) is 0 Å². The summed E-state index contributed by atoms with van der Waals surface area (Å²) in [4.78, 5) is 34.1. The molecule has 1 unspecified atom stereocenters. The Labute approximate surface area is 187 Å². The van der Waals surface area contributed by atoms with Crippen LogP contribution in [0.25, 0.3) is 0 Å². The normalized spacial score (nSPS) is 20.3. The van der Waals surface area contributed by atoms with E-state index in [1.165, 1.54) is 23.0 Å². The highest BCUT2D eigenvalue weighted by molar-refractivity contribution is 8.15. The van der Waals surface area contributed by atoms with Crippen LogP contribution in [0.15, 0.2) is 52.7 Å². The molecule has 2 fully saturated rings. The third-order valence-electron chi connectivity index (χ3n) is 4.26. The molecule has 0 spiro atoms. The SMILES string of the molecule is O=C(CC1SC(=NC2CC2)N(/N=C/c2ccccn2)C1=O)Nc1cc(Cl)cc(Cl)c1. The van der Waals surface area contributed by atoms with Crippen molar-refractivity contribution in [2.45, 2.75) is 30.6 Å². The van der Waals surface area contributed by atoms with Gasteiger partial charge in [-0.25, -0.2) is 0 Å². The van der Waals surface area contributed by atoms with Crippen LogP contribution in [0.1, 0.15) is 25.0 Å². The lowest BCUT2D eigenvalue weighted by molar-refractivity contribution is -0.128. The van der Waals surface area contributed by atoms with Gasteiger partial charge in [0.15, 0.2) is 5.17 Å². The Hall–Kier alpha value is -2.42. The average molecular weight is 462 g/mol. The zero-order valence-electron chi connectivity index (χ0n) is 15.7. The van der Waals surface area contributed by atoms with E-state index in [4.69, 9.17) is 23.2 Å². The van der Waals surface area contributed by atoms with E-state index in [0.29, 0.717) is 26.6 Å². The molecular formula is C20H17Cl2N5O2S. The van der Waals surface area contributed by atoms with E-state index < -0.39 is 5.25 Å². The van der Waals surface area contributed by atoms with Crippen LogP contribution in [0.5, 0.6) is 0 Å². The van der Waals surface area contributed by atoms with Crippen molar-refractivity contribution in [2.24, 2.45) is 10.1 Å². The van der Waals surface area contributed by atoms with Gasteiger partial charge in [0.2, 0.25) is 5.91 Å². The number of hydrogen-bond acceptors (Lipinski definition) is 6. The Kier molecular flexibility index (Phi) is 6.36. The van der Waals surface area contributed by atoms with Crippen molar-refractivity contribution in [3.05, 3.63) is 58.3 Å². The van der Waals surface area contributed by atoms with Gasteiger partial charge in [0.25, 0.3) is 5.91 Å². The summed E-state index contributed by atoms with van der Waals surface area (Å²) in [7, 11) is 0. The number of halogens is 2. The summed E-state index contributed by atoms with van der Waals surface area (Å²) in [5, 5.41) is 9.01. The van der Waals surface area contributed by atoms with Crippen LogP contribution in [-0.2, 0) is 9.59 Å². The molecule has 30 heavy (non-hydrogen) atoms. The molecule has 1 N–H and O–H groups in total. The second-order valence-electron chi connectivity index (χ2n) is 6.81. The maximum atomic E-state index is 12.9. The number of benzene rings is 1. The van der Waals surface area contributed by atoms with E-state index in [9.17, 15) is 9.59 Å². The van der Waals surface area contributed by atoms with E-state index in [1.807, 2.05) is 6.07 Å². The van der Waals surface area contributed by atoms with Gasteiger partial charge >= 0.3 is 0 Å². The number of amidine groups is 1. The molecule has 0 bridgehead atoms. The molecule has 1 saturated carbocycles. The monoisotopic (exact) mass is 461 g/mol. The number of hydrazone groups is 1. The number of thioether (sulfide) groups is 1. The van der Waals surface area contributed by atoms with Crippen LogP contribution in [0, 0.1) is 0 Å². The number of carbonyl (C=O) groups is 2. The van der Waals surface area contributed by atoms with Gasteiger partial charge in [0, 0.05) is 28.4 Å². The minimum Gasteiger partial charge on any atom is -0.326 e. The second-order valence-corrected chi connectivity index (χ2v) is 8.85. The Balaban J connectivity index is 1.46. The van der Waals surface area contributed by atoms with Gasteiger partial charge in [-0.05, 0) is 43.2 Å². The highest BCUT2D eigenvalue weighted by Crippen LogP contribution is 2.34. The number of amides is 2. The lowest BCUT2D eigenvalue weighted by atomic mass is 10.2. The Morgan fingerprint density at radius 3 is 2.70 bits per heavy atom. The van der Waals surface area contributed by atoms with E-state index in [-0.39, 0.29) is 24.3 Å². The summed E-state index contributed by atoms with van der Waals surface area (Å²) in [6.07, 6.45) is 5.13. The molecule has 1 saturated heterocycles. The molecule has 2 heterocycles. The number of carbonyl (C=O) groups excluding carboxylic acids is 2. The van der Waals surface area contributed by atoms with E-state index >= 15 is 0 Å². The second kappa shape index (κ2) is 9.16. The molecule has 2 aliphatic rings. The number of rotatable bonds is 6. The van der Waals surface area contributed by atoms with Crippen LogP contribution >= 0.6 is 35.0 Å². The predicted molar refractivity (Wildman–Crippen MR) is 120 cm³/mol. The van der Waals surface area contributed by atoms with Gasteiger partial charge < -0.3 is 5.32 Å². The first-order chi connectivity index (χ1) is 14.5. The minimum atomic E-state index is -0.613. The summed E-state index contributed by atoms with van der Waals surface area (Å²) in [6.45, 7) is 0. The summed E-state index contributed by atoms with van der Waals surface area (Å²) in [5.74, 6) is -0.605. The lowest BCUT2D eigenvalue weighted by Gasteiger charge is -2.10. The van der Waals surface area contributed by atoms with Gasteiger partial charge in [-0.1, -0.05) is 41.0 Å². The van der Waals surface area contributed by atoms with E-state index in [1.54, 1.807) is 36.5 Å². The maximum Gasteiger partial charge on any atom is 0.263 e. The van der Waals surface area contributed by atoms with Crippen molar-refractivity contribution in [1.82, 2.24) is 9.99 Å². The first kappa shape index (κ1) is 20.8. The number of anilines is 1. The van der Waals surface area contributed by atoms with Crippen LogP contribution in [0.4, 0.5) is 5.69 Å². The fraction of sp³-hybridized carbons (Fsp3) is 0.250. The minimum absolute atomic E-state index is 0.0209.